The molecule has 10 aromatic rings. The zero-order valence-corrected chi connectivity index (χ0v) is 51.2. The Kier molecular flexibility index (Phi) is 18.8. The van der Waals surface area contributed by atoms with E-state index in [2.05, 4.69) is 29.8 Å². The Bertz CT molecular complexity index is 4230. The Balaban J connectivity index is 0.774. The molecule has 0 bridgehead atoms. The van der Waals surface area contributed by atoms with Crippen LogP contribution in [0, 0.1) is 0 Å². The molecular formula is C70H60N6O10S2. The Hall–Kier alpha value is -10.0. The molecule has 442 valence electrons. The fourth-order valence-corrected chi connectivity index (χ4v) is 11.9. The fourth-order valence-electron chi connectivity index (χ4n) is 10.1. The van der Waals surface area contributed by atoms with E-state index in [1.165, 1.54) is 27.7 Å². The van der Waals surface area contributed by atoms with Gasteiger partial charge in [-0.05, 0) is 208 Å². The summed E-state index contributed by atoms with van der Waals surface area (Å²) in [5, 5.41) is 19.4. The number of fused-ring (bicyclic) bond motifs is 6. The van der Waals surface area contributed by atoms with Crippen LogP contribution in [0.4, 0.5) is 0 Å². The number of hydrogen-bond acceptors (Lipinski definition) is 16. The van der Waals surface area contributed by atoms with Gasteiger partial charge >= 0.3 is 23.9 Å². The van der Waals surface area contributed by atoms with Crippen LogP contribution in [-0.2, 0) is 38.5 Å². The summed E-state index contributed by atoms with van der Waals surface area (Å²) in [6.45, 7) is 12.3. The van der Waals surface area contributed by atoms with Gasteiger partial charge in [0.2, 0.25) is 0 Å². The molecule has 8 aromatic carbocycles. The summed E-state index contributed by atoms with van der Waals surface area (Å²) in [7, 11) is 0. The third kappa shape index (κ3) is 13.9. The predicted octanol–water partition coefficient (Wildman–Crippen LogP) is 15.2. The zero-order chi connectivity index (χ0) is 62.2. The van der Waals surface area contributed by atoms with E-state index in [-0.39, 0.29) is 11.6 Å². The summed E-state index contributed by atoms with van der Waals surface area (Å²) < 4.78 is 4.23. The van der Waals surface area contributed by atoms with Crippen LogP contribution in [0.25, 0.3) is 55.0 Å². The Labute approximate surface area is 515 Å². The smallest absolute Gasteiger partial charge is 0.318 e. The minimum Gasteiger partial charge on any atom is -0.318 e. The largest absolute Gasteiger partial charge is 0.331 e. The van der Waals surface area contributed by atoms with Gasteiger partial charge in [0.1, 0.15) is 0 Å². The molecule has 0 aliphatic rings. The average Bonchev–Trinajstić information content (AvgIpc) is 1.68. The summed E-state index contributed by atoms with van der Waals surface area (Å²) in [6.07, 6.45) is 1.98. The van der Waals surface area contributed by atoms with Crippen molar-refractivity contribution in [2.75, 3.05) is 11.5 Å². The molecule has 2 heterocycles. The number of nitrogens with zero attached hydrogens (tertiary/aromatic N) is 6. The second-order valence-corrected chi connectivity index (χ2v) is 23.2. The van der Waals surface area contributed by atoms with Crippen LogP contribution in [0.1, 0.15) is 122 Å². The molecule has 88 heavy (non-hydrogen) atoms. The minimum absolute atomic E-state index is 0.107. The van der Waals surface area contributed by atoms with Gasteiger partial charge in [0.05, 0.1) is 44.9 Å². The molecule has 0 N–H and O–H groups in total. The minimum atomic E-state index is -0.522. The molecule has 0 unspecified atom stereocenters. The standard InChI is InChI=1S/C70H60N6O10S2/c1-41(71-83-45(5)77)49-11-23-57(24-12-49)75-65-31-19-53(43(3)73-85-47(7)79)37-61(65)63-39-55(21-33-67(63)75)69(81)51-15-27-59(28-16-51)87-35-9-10-36-88-60-29-17-52(18-30-60)70(82)56-22-34-68-64(40-56)62-38-54(44(4)74-86-48(8)80)20-32-66(62)76(68)58-25-13-50(14-26-58)42(2)72-84-46(6)78/h11-34,37-40H,9-10,35-36H2,1-8H3. The molecular weight excluding hydrogens is 1150 g/mol. The van der Waals surface area contributed by atoms with Crippen LogP contribution >= 0.6 is 23.5 Å². The average molecular weight is 1210 g/mol. The maximum Gasteiger partial charge on any atom is 0.331 e. The molecule has 0 spiro atoms. The first kappa shape index (κ1) is 61.1. The van der Waals surface area contributed by atoms with Gasteiger partial charge in [0.15, 0.2) is 11.6 Å². The first-order valence-corrected chi connectivity index (χ1v) is 30.2. The lowest BCUT2D eigenvalue weighted by Gasteiger charge is -2.10. The van der Waals surface area contributed by atoms with Crippen molar-refractivity contribution in [2.45, 2.75) is 78.0 Å². The quantitative estimate of drug-likeness (QED) is 0.0165. The molecule has 0 amide bonds. The highest BCUT2D eigenvalue weighted by Gasteiger charge is 2.21. The number of thioether (sulfide) groups is 2. The molecule has 0 atom stereocenters. The zero-order valence-electron chi connectivity index (χ0n) is 49.6. The SMILES string of the molecule is CC(=O)ON=C(C)c1ccc(-n2c3ccc(C(=O)c4ccc(SCCCCSc5ccc(C(=O)c6ccc7c(c6)c6cc(C(C)=NOC(C)=O)ccc6n7-c6ccc(C(C)=NOC(C)=O)cc6)cc5)cc4)cc3c3cc(C(C)=NOC(C)=O)ccc32)cc1. The Morgan fingerprint density at radius 1 is 0.318 bits per heavy atom. The Morgan fingerprint density at radius 2 is 0.568 bits per heavy atom. The van der Waals surface area contributed by atoms with E-state index in [4.69, 9.17) is 19.4 Å². The molecule has 2 aromatic heterocycles. The Morgan fingerprint density at radius 3 is 0.864 bits per heavy atom. The van der Waals surface area contributed by atoms with Crippen LogP contribution in [0.2, 0.25) is 0 Å². The lowest BCUT2D eigenvalue weighted by Crippen LogP contribution is -2.02. The number of ketones is 2. The second kappa shape index (κ2) is 27.1. The molecule has 0 aliphatic carbocycles. The first-order chi connectivity index (χ1) is 42.4. The highest BCUT2D eigenvalue weighted by Crippen LogP contribution is 2.37. The van der Waals surface area contributed by atoms with Crippen LogP contribution in [-0.4, -0.2) is 78.9 Å². The fraction of sp³-hybridized carbons (Fsp3) is 0.171. The van der Waals surface area contributed by atoms with Crippen molar-refractivity contribution >= 4 is 125 Å². The normalized spacial score (nSPS) is 12.2. The van der Waals surface area contributed by atoms with Gasteiger partial charge in [-0.25, -0.2) is 19.2 Å². The van der Waals surface area contributed by atoms with Crippen molar-refractivity contribution in [3.63, 3.8) is 0 Å². The summed E-state index contributed by atoms with van der Waals surface area (Å²) in [5.74, 6) is -0.447. The van der Waals surface area contributed by atoms with E-state index in [1.807, 2.05) is 170 Å². The van der Waals surface area contributed by atoms with Gasteiger partial charge in [0.25, 0.3) is 0 Å². The van der Waals surface area contributed by atoms with Gasteiger partial charge in [0, 0.05) is 92.7 Å². The number of aromatic nitrogens is 2. The van der Waals surface area contributed by atoms with Gasteiger partial charge in [-0.2, -0.15) is 0 Å². The van der Waals surface area contributed by atoms with Crippen molar-refractivity contribution in [2.24, 2.45) is 20.6 Å². The van der Waals surface area contributed by atoms with Crippen LogP contribution in [0.15, 0.2) is 200 Å². The molecule has 10 rings (SSSR count). The number of carbonyl (C=O) groups excluding carboxylic acids is 6. The topological polar surface area (TPSA) is 199 Å². The molecule has 0 fully saturated rings. The first-order valence-electron chi connectivity index (χ1n) is 28.2. The molecule has 0 radical (unpaired) electrons. The molecule has 16 nitrogen and oxygen atoms in total. The van der Waals surface area contributed by atoms with Crippen molar-refractivity contribution < 1.29 is 48.1 Å². The third-order valence-corrected chi connectivity index (χ3v) is 16.7. The van der Waals surface area contributed by atoms with E-state index in [0.29, 0.717) is 45.1 Å². The van der Waals surface area contributed by atoms with Crippen molar-refractivity contribution in [3.05, 3.63) is 214 Å². The highest BCUT2D eigenvalue weighted by atomic mass is 32.2. The van der Waals surface area contributed by atoms with Gasteiger partial charge in [-0.1, -0.05) is 57.0 Å². The van der Waals surface area contributed by atoms with E-state index in [1.54, 1.807) is 51.2 Å². The second-order valence-electron chi connectivity index (χ2n) is 20.8. The molecule has 0 saturated carbocycles. The molecule has 0 aliphatic heterocycles. The number of oxime groups is 4. The van der Waals surface area contributed by atoms with E-state index < -0.39 is 23.9 Å². The van der Waals surface area contributed by atoms with Crippen LogP contribution < -0.4 is 0 Å². The van der Waals surface area contributed by atoms with E-state index in [0.717, 1.165) is 111 Å². The maximum atomic E-state index is 14.2. The van der Waals surface area contributed by atoms with Crippen LogP contribution in [0.5, 0.6) is 0 Å². The summed E-state index contributed by atoms with van der Waals surface area (Å²) >= 11 is 3.50. The maximum absolute atomic E-state index is 14.2. The molecule has 18 heteroatoms. The lowest BCUT2D eigenvalue weighted by molar-refractivity contribution is -0.141. The van der Waals surface area contributed by atoms with Gasteiger partial charge in [-0.3, -0.25) is 9.59 Å². The number of carbonyl (C=O) groups is 6. The summed E-state index contributed by atoms with van der Waals surface area (Å²) in [4.78, 5) is 95.9. The van der Waals surface area contributed by atoms with Crippen molar-refractivity contribution in [1.82, 2.24) is 9.13 Å². The highest BCUT2D eigenvalue weighted by molar-refractivity contribution is 7.99. The number of rotatable bonds is 21. The summed E-state index contributed by atoms with van der Waals surface area (Å²) in [6, 6.07) is 54.2. The van der Waals surface area contributed by atoms with E-state index >= 15 is 0 Å². The monoisotopic (exact) mass is 1210 g/mol. The van der Waals surface area contributed by atoms with Gasteiger partial charge in [-0.15, -0.1) is 23.5 Å². The number of hydrogen-bond donors (Lipinski definition) is 0. The predicted molar refractivity (Wildman–Crippen MR) is 348 cm³/mol. The number of unbranched alkanes of at least 4 members (excludes halogenated alkanes) is 1. The van der Waals surface area contributed by atoms with Crippen LogP contribution in [0.3, 0.4) is 0 Å². The van der Waals surface area contributed by atoms with Crippen molar-refractivity contribution in [3.8, 4) is 11.4 Å². The van der Waals surface area contributed by atoms with E-state index in [9.17, 15) is 28.8 Å². The number of benzene rings is 8. The third-order valence-electron chi connectivity index (χ3n) is 14.5. The summed E-state index contributed by atoms with van der Waals surface area (Å²) in [5.41, 5.74) is 12.7. The van der Waals surface area contributed by atoms with Gasteiger partial charge < -0.3 is 28.5 Å². The van der Waals surface area contributed by atoms with Crippen molar-refractivity contribution in [1.29, 1.82) is 0 Å². The lowest BCUT2D eigenvalue weighted by atomic mass is 10.0. The molecule has 0 saturated heterocycles.